The Labute approximate surface area is 216 Å². The van der Waals surface area contributed by atoms with E-state index in [2.05, 4.69) is 10.3 Å². The second-order valence-corrected chi connectivity index (χ2v) is 12.5. The molecular formula is C24H25ClF4N4O3S. The Morgan fingerprint density at radius 1 is 1.19 bits per heavy atom. The van der Waals surface area contributed by atoms with Crippen LogP contribution in [-0.2, 0) is 27.7 Å². The molecule has 3 heterocycles. The highest BCUT2D eigenvalue weighted by molar-refractivity contribution is 7.88. The highest BCUT2D eigenvalue weighted by atomic mass is 35.5. The highest BCUT2D eigenvalue weighted by Gasteiger charge is 2.59. The van der Waals surface area contributed by atoms with Gasteiger partial charge in [0.1, 0.15) is 5.82 Å². The Morgan fingerprint density at radius 2 is 1.92 bits per heavy atom. The molecule has 3 aliphatic rings. The van der Waals surface area contributed by atoms with Gasteiger partial charge in [0.05, 0.1) is 34.3 Å². The maximum Gasteiger partial charge on any atom is 0.414 e. The lowest BCUT2D eigenvalue weighted by molar-refractivity contribution is -0.204. The molecule has 2 fully saturated rings. The number of carbonyl (C=O) groups excluding carboxylic acids is 1. The van der Waals surface area contributed by atoms with Crippen molar-refractivity contribution in [1.82, 2.24) is 14.2 Å². The van der Waals surface area contributed by atoms with Gasteiger partial charge in [0.2, 0.25) is 15.9 Å². The molecule has 2 atom stereocenters. The molecule has 5 rings (SSSR count). The van der Waals surface area contributed by atoms with Crippen LogP contribution >= 0.6 is 11.6 Å². The summed E-state index contributed by atoms with van der Waals surface area (Å²) in [7, 11) is -3.53. The Morgan fingerprint density at radius 3 is 2.54 bits per heavy atom. The molecule has 2 saturated heterocycles. The molecule has 1 amide bonds. The maximum atomic E-state index is 14.3. The van der Waals surface area contributed by atoms with Gasteiger partial charge in [0.25, 0.3) is 0 Å². The number of halogens is 5. The van der Waals surface area contributed by atoms with E-state index in [0.717, 1.165) is 21.0 Å². The first-order chi connectivity index (χ1) is 17.3. The van der Waals surface area contributed by atoms with Crippen molar-refractivity contribution < 1.29 is 30.8 Å². The first kappa shape index (κ1) is 26.2. The Bertz CT molecular complexity index is 1330. The van der Waals surface area contributed by atoms with Crippen molar-refractivity contribution in [3.8, 4) is 0 Å². The van der Waals surface area contributed by atoms with E-state index in [-0.39, 0.29) is 36.4 Å². The summed E-state index contributed by atoms with van der Waals surface area (Å²) in [6, 6.07) is 3.54. The minimum atomic E-state index is -4.78. The van der Waals surface area contributed by atoms with E-state index in [4.69, 9.17) is 11.6 Å². The van der Waals surface area contributed by atoms with E-state index in [1.807, 2.05) is 0 Å². The van der Waals surface area contributed by atoms with Crippen molar-refractivity contribution in [2.45, 2.75) is 43.9 Å². The van der Waals surface area contributed by atoms with E-state index in [1.165, 1.54) is 24.4 Å². The molecule has 1 aromatic heterocycles. The van der Waals surface area contributed by atoms with Gasteiger partial charge >= 0.3 is 6.18 Å². The Hall–Kier alpha value is -2.44. The molecule has 1 aromatic carbocycles. The van der Waals surface area contributed by atoms with E-state index in [9.17, 15) is 30.8 Å². The van der Waals surface area contributed by atoms with Gasteiger partial charge in [0, 0.05) is 25.7 Å². The summed E-state index contributed by atoms with van der Waals surface area (Å²) in [5, 5.41) is 3.23. The van der Waals surface area contributed by atoms with Crippen LogP contribution in [0.25, 0.3) is 0 Å². The first-order valence-corrected chi connectivity index (χ1v) is 14.0. The van der Waals surface area contributed by atoms with Crippen LogP contribution in [0.2, 0.25) is 5.02 Å². The van der Waals surface area contributed by atoms with Gasteiger partial charge in [-0.2, -0.15) is 17.5 Å². The van der Waals surface area contributed by atoms with Crippen LogP contribution in [0.5, 0.6) is 0 Å². The molecule has 37 heavy (non-hydrogen) atoms. The molecule has 200 valence electrons. The molecule has 0 bridgehead atoms. The fraction of sp³-hybridized carbons (Fsp3) is 0.500. The molecule has 1 N–H and O–H groups in total. The van der Waals surface area contributed by atoms with Crippen molar-refractivity contribution in [2.75, 3.05) is 31.2 Å². The number of nitrogens with zero attached hydrogens (tertiary/aromatic N) is 3. The third-order valence-corrected chi connectivity index (χ3v) is 8.95. The fourth-order valence-electron chi connectivity index (χ4n) is 5.63. The van der Waals surface area contributed by atoms with E-state index < -0.39 is 39.4 Å². The number of amides is 1. The van der Waals surface area contributed by atoms with Crippen molar-refractivity contribution in [3.63, 3.8) is 0 Å². The number of alkyl halides is 3. The van der Waals surface area contributed by atoms with Crippen LogP contribution in [0.1, 0.15) is 35.7 Å². The number of likely N-dealkylation sites (tertiary alicyclic amines) is 1. The normalized spacial score (nSPS) is 22.6. The van der Waals surface area contributed by atoms with E-state index >= 15 is 0 Å². The van der Waals surface area contributed by atoms with Gasteiger partial charge in [-0.05, 0) is 55.0 Å². The summed E-state index contributed by atoms with van der Waals surface area (Å²) < 4.78 is 81.7. The fourth-order valence-corrected chi connectivity index (χ4v) is 6.77. The smallest absolute Gasteiger partial charge is 0.380 e. The third kappa shape index (κ3) is 4.79. The summed E-state index contributed by atoms with van der Waals surface area (Å²) in [4.78, 5) is 18.1. The van der Waals surface area contributed by atoms with E-state index in [0.29, 0.717) is 36.9 Å². The number of anilines is 1. The van der Waals surface area contributed by atoms with Crippen LogP contribution in [-0.4, -0.2) is 66.6 Å². The van der Waals surface area contributed by atoms with Crippen LogP contribution in [0.4, 0.5) is 23.2 Å². The number of piperidine rings is 1. The minimum absolute atomic E-state index is 0.0450. The molecule has 1 spiro atoms. The van der Waals surface area contributed by atoms with Crippen molar-refractivity contribution >= 4 is 33.2 Å². The lowest BCUT2D eigenvalue weighted by Crippen LogP contribution is -2.67. The minimum Gasteiger partial charge on any atom is -0.380 e. The molecule has 2 unspecified atom stereocenters. The summed E-state index contributed by atoms with van der Waals surface area (Å²) in [6.45, 7) is -0.324. The van der Waals surface area contributed by atoms with Crippen LogP contribution in [0.15, 0.2) is 30.5 Å². The summed E-state index contributed by atoms with van der Waals surface area (Å²) >= 11 is 5.86. The topological polar surface area (TPSA) is 82.6 Å². The standard InChI is InChI=1S/C24H25ClF4N4O3S/c1-37(35,36)32-12-23(13-32)7-2-8-33(22(23)34)21(24(27,28)29)19-6-4-15(11-30-19)31-16-9-14-3-5-18(25)20(26)17(14)10-16/h3-6,11,16,21,31H,2,7-10,12-13H2,1H3. The van der Waals surface area contributed by atoms with Gasteiger partial charge in [0.15, 0.2) is 6.04 Å². The van der Waals surface area contributed by atoms with Gasteiger partial charge in [-0.1, -0.05) is 17.7 Å². The first-order valence-electron chi connectivity index (χ1n) is 11.8. The zero-order chi connectivity index (χ0) is 26.8. The Kier molecular flexibility index (Phi) is 6.43. The predicted molar refractivity (Wildman–Crippen MR) is 129 cm³/mol. The number of hydrogen-bond donors (Lipinski definition) is 1. The molecule has 2 aromatic rings. The van der Waals surface area contributed by atoms with Crippen LogP contribution < -0.4 is 5.32 Å². The Balaban J connectivity index is 1.32. The highest BCUT2D eigenvalue weighted by Crippen LogP contribution is 2.46. The second-order valence-electron chi connectivity index (χ2n) is 10.1. The number of rotatable bonds is 5. The van der Waals surface area contributed by atoms with Gasteiger partial charge in [-0.3, -0.25) is 9.78 Å². The van der Waals surface area contributed by atoms with E-state index in [1.54, 1.807) is 6.07 Å². The zero-order valence-corrected chi connectivity index (χ0v) is 21.4. The van der Waals surface area contributed by atoms with Gasteiger partial charge in [-0.15, -0.1) is 0 Å². The lowest BCUT2D eigenvalue weighted by atomic mass is 9.73. The quantitative estimate of drug-likeness (QED) is 0.560. The maximum absolute atomic E-state index is 14.3. The molecule has 7 nitrogen and oxygen atoms in total. The number of fused-ring (bicyclic) bond motifs is 1. The SMILES string of the molecule is CS(=O)(=O)N1CC2(CCCN(C(c3ccc(NC4Cc5ccc(Cl)c(F)c5C4)cn3)C(F)(F)F)C2=O)C1. The van der Waals surface area contributed by atoms with Crippen LogP contribution in [0.3, 0.4) is 0 Å². The largest absolute Gasteiger partial charge is 0.414 e. The average Bonchev–Trinajstić information content (AvgIpc) is 3.19. The van der Waals surface area contributed by atoms with Crippen LogP contribution in [0, 0.1) is 11.2 Å². The second kappa shape index (κ2) is 9.09. The number of sulfonamides is 1. The van der Waals surface area contributed by atoms with Crippen molar-refractivity contribution in [2.24, 2.45) is 5.41 Å². The summed E-state index contributed by atoms with van der Waals surface area (Å²) in [5.74, 6) is -1.16. The molecule has 2 aliphatic heterocycles. The average molecular weight is 561 g/mol. The molecule has 0 radical (unpaired) electrons. The van der Waals surface area contributed by atoms with Crippen molar-refractivity contribution in [3.05, 3.63) is 58.1 Å². The summed E-state index contributed by atoms with van der Waals surface area (Å²) in [6.07, 6.45) is -0.906. The van der Waals surface area contributed by atoms with Gasteiger partial charge < -0.3 is 10.2 Å². The molecule has 0 saturated carbocycles. The number of carbonyl (C=O) groups is 1. The predicted octanol–water partition coefficient (Wildman–Crippen LogP) is 3.94. The third-order valence-electron chi connectivity index (χ3n) is 7.46. The number of hydrogen-bond acceptors (Lipinski definition) is 5. The van der Waals surface area contributed by atoms with Crippen molar-refractivity contribution in [1.29, 1.82) is 0 Å². The zero-order valence-electron chi connectivity index (χ0n) is 19.9. The lowest BCUT2D eigenvalue weighted by Gasteiger charge is -2.53. The number of nitrogens with one attached hydrogen (secondary N) is 1. The monoisotopic (exact) mass is 560 g/mol. The molecular weight excluding hydrogens is 536 g/mol. The number of pyridine rings is 1. The van der Waals surface area contributed by atoms with Gasteiger partial charge in [-0.25, -0.2) is 12.8 Å². The molecule has 1 aliphatic carbocycles. The molecule has 13 heteroatoms. The summed E-state index contributed by atoms with van der Waals surface area (Å²) in [5.41, 5.74) is 0.356. The number of benzene rings is 1. The number of aromatic nitrogens is 1.